The summed E-state index contributed by atoms with van der Waals surface area (Å²) in [5, 5.41) is 6.44. The molecule has 33 heavy (non-hydrogen) atoms. The lowest BCUT2D eigenvalue weighted by Crippen LogP contribution is -2.31. The number of aryl methyl sites for hydroxylation is 1. The molecule has 2 aromatic carbocycles. The maximum atomic E-state index is 12.7. The number of carbonyl (C=O) groups is 1. The van der Waals surface area contributed by atoms with Gasteiger partial charge in [0.1, 0.15) is 11.5 Å². The summed E-state index contributed by atoms with van der Waals surface area (Å²) in [5.74, 6) is 0.663. The Balaban J connectivity index is 1.45. The summed E-state index contributed by atoms with van der Waals surface area (Å²) in [5.41, 5.74) is 4.90. The predicted octanol–water partition coefficient (Wildman–Crippen LogP) is 4.65. The molecule has 3 heterocycles. The highest BCUT2D eigenvalue weighted by molar-refractivity contribution is 7.80. The maximum Gasteiger partial charge on any atom is 0.251 e. The molecule has 4 aromatic rings. The van der Waals surface area contributed by atoms with Gasteiger partial charge in [-0.05, 0) is 49.6 Å². The third-order valence-corrected chi connectivity index (χ3v) is 6.11. The van der Waals surface area contributed by atoms with Gasteiger partial charge in [0.2, 0.25) is 0 Å². The summed E-state index contributed by atoms with van der Waals surface area (Å²) in [6.07, 6.45) is 7.44. The molecule has 0 bridgehead atoms. The highest BCUT2D eigenvalue weighted by Crippen LogP contribution is 2.35. The zero-order valence-electron chi connectivity index (χ0n) is 18.3. The Kier molecular flexibility index (Phi) is 6.02. The summed E-state index contributed by atoms with van der Waals surface area (Å²) >= 11 is 4.68. The molecule has 1 fully saturated rings. The summed E-state index contributed by atoms with van der Waals surface area (Å²) < 4.78 is 7.54. The Morgan fingerprint density at radius 1 is 1.27 bits per heavy atom. The van der Waals surface area contributed by atoms with Crippen LogP contribution in [0, 0.1) is 6.92 Å². The van der Waals surface area contributed by atoms with Crippen LogP contribution in [0.3, 0.4) is 0 Å². The van der Waals surface area contributed by atoms with Gasteiger partial charge in [0.25, 0.3) is 5.91 Å². The van der Waals surface area contributed by atoms with E-state index in [-0.39, 0.29) is 12.0 Å². The number of aromatic nitrogens is 3. The van der Waals surface area contributed by atoms with E-state index in [1.54, 1.807) is 18.5 Å². The van der Waals surface area contributed by atoms with Crippen LogP contribution in [0.15, 0.2) is 66.0 Å². The van der Waals surface area contributed by atoms with E-state index in [1.165, 1.54) is 0 Å². The molecular formula is C25H25N5O2S. The van der Waals surface area contributed by atoms with Crippen molar-refractivity contribution in [2.45, 2.75) is 30.8 Å². The number of ether oxygens (including phenoxy) is 1. The fourth-order valence-electron chi connectivity index (χ4n) is 4.04. The van der Waals surface area contributed by atoms with Crippen LogP contribution in [-0.4, -0.2) is 39.5 Å². The minimum Gasteiger partial charge on any atom is -0.376 e. The third kappa shape index (κ3) is 4.58. The number of hydrogen-bond donors (Lipinski definition) is 3. The molecule has 0 spiro atoms. The summed E-state index contributed by atoms with van der Waals surface area (Å²) in [4.78, 5) is 22.5. The van der Waals surface area contributed by atoms with Crippen molar-refractivity contribution in [3.8, 4) is 11.3 Å². The van der Waals surface area contributed by atoms with Crippen molar-refractivity contribution in [3.63, 3.8) is 0 Å². The second-order valence-electron chi connectivity index (χ2n) is 8.18. The molecule has 1 atom stereocenters. The van der Waals surface area contributed by atoms with Gasteiger partial charge in [-0.15, -0.1) is 12.6 Å². The Morgan fingerprint density at radius 2 is 2.18 bits per heavy atom. The number of anilines is 2. The molecule has 1 aliphatic heterocycles. The van der Waals surface area contributed by atoms with Crippen molar-refractivity contribution in [1.29, 1.82) is 0 Å². The minimum absolute atomic E-state index is 0.106. The monoisotopic (exact) mass is 459 g/mol. The smallest absolute Gasteiger partial charge is 0.251 e. The number of amides is 1. The van der Waals surface area contributed by atoms with Crippen molar-refractivity contribution in [1.82, 2.24) is 19.7 Å². The molecule has 0 radical (unpaired) electrons. The van der Waals surface area contributed by atoms with Gasteiger partial charge in [-0.25, -0.2) is 4.98 Å². The molecule has 0 saturated carbocycles. The first-order valence-corrected chi connectivity index (χ1v) is 11.4. The van der Waals surface area contributed by atoms with Crippen molar-refractivity contribution < 1.29 is 9.53 Å². The van der Waals surface area contributed by atoms with E-state index in [9.17, 15) is 4.79 Å². The maximum absolute atomic E-state index is 12.7. The number of thiol groups is 1. The van der Waals surface area contributed by atoms with Gasteiger partial charge in [0.05, 0.1) is 12.3 Å². The van der Waals surface area contributed by atoms with Gasteiger partial charge < -0.3 is 15.4 Å². The van der Waals surface area contributed by atoms with Crippen LogP contribution in [0.2, 0.25) is 0 Å². The van der Waals surface area contributed by atoms with Crippen LogP contribution in [0.25, 0.3) is 16.9 Å². The highest BCUT2D eigenvalue weighted by Gasteiger charge is 2.19. The number of nitrogens with one attached hydrogen (secondary N) is 2. The van der Waals surface area contributed by atoms with Gasteiger partial charge in [-0.2, -0.15) is 0 Å². The fraction of sp³-hybridized carbons (Fsp3) is 0.240. The number of benzene rings is 2. The summed E-state index contributed by atoms with van der Waals surface area (Å²) in [7, 11) is 0. The van der Waals surface area contributed by atoms with E-state index in [4.69, 9.17) is 9.72 Å². The highest BCUT2D eigenvalue weighted by atomic mass is 32.1. The summed E-state index contributed by atoms with van der Waals surface area (Å²) in [6, 6.07) is 13.5. The first-order valence-electron chi connectivity index (χ1n) is 11.0. The second-order valence-corrected chi connectivity index (χ2v) is 8.67. The van der Waals surface area contributed by atoms with Crippen LogP contribution >= 0.6 is 12.6 Å². The topological polar surface area (TPSA) is 80.5 Å². The minimum atomic E-state index is -0.118. The molecule has 1 unspecified atom stereocenters. The van der Waals surface area contributed by atoms with E-state index in [1.807, 2.05) is 53.9 Å². The van der Waals surface area contributed by atoms with E-state index in [0.717, 1.165) is 52.7 Å². The average molecular weight is 460 g/mol. The molecule has 1 amide bonds. The molecule has 5 rings (SSSR count). The van der Waals surface area contributed by atoms with E-state index in [2.05, 4.69) is 28.2 Å². The second kappa shape index (κ2) is 9.25. The number of fused-ring (bicyclic) bond motifs is 1. The number of rotatable bonds is 6. The predicted molar refractivity (Wildman–Crippen MR) is 131 cm³/mol. The number of hydrogen-bond acceptors (Lipinski definition) is 6. The molecule has 168 valence electrons. The molecular weight excluding hydrogens is 434 g/mol. The molecule has 2 N–H and O–H groups in total. The van der Waals surface area contributed by atoms with Crippen LogP contribution in [-0.2, 0) is 4.74 Å². The van der Waals surface area contributed by atoms with Gasteiger partial charge in [-0.3, -0.25) is 14.2 Å². The average Bonchev–Trinajstić information content (AvgIpc) is 3.46. The van der Waals surface area contributed by atoms with Crippen LogP contribution in [0.5, 0.6) is 0 Å². The molecule has 1 aliphatic rings. The largest absolute Gasteiger partial charge is 0.376 e. The number of nitrogens with zero attached hydrogens (tertiary/aromatic N) is 3. The first-order chi connectivity index (χ1) is 16.1. The normalized spacial score (nSPS) is 15.6. The standard InChI is InChI=1S/C25H25N5O2S/c1-16-7-8-20(21(33)12-16)23-24(30-10-9-26-15-22(30)29-23)28-18-5-2-4-17(13-18)25(31)27-14-19-6-3-11-32-19/h2,4-5,7-10,12-13,15,19,28,33H,3,6,11,14H2,1H3,(H,27,31). The van der Waals surface area contributed by atoms with Crippen LogP contribution < -0.4 is 10.6 Å². The number of imidazole rings is 1. The zero-order chi connectivity index (χ0) is 22.8. The Labute approximate surface area is 197 Å². The molecule has 2 aromatic heterocycles. The fourth-order valence-corrected chi connectivity index (χ4v) is 4.43. The van der Waals surface area contributed by atoms with E-state index in [0.29, 0.717) is 17.8 Å². The number of carbonyl (C=O) groups excluding carboxylic acids is 1. The SMILES string of the molecule is Cc1ccc(-c2nc3cnccn3c2Nc2cccc(C(=O)NCC3CCCO3)c2)c(S)c1. The van der Waals surface area contributed by atoms with Crippen molar-refractivity contribution >= 4 is 35.7 Å². The van der Waals surface area contributed by atoms with E-state index >= 15 is 0 Å². The summed E-state index contributed by atoms with van der Waals surface area (Å²) in [6.45, 7) is 3.33. The van der Waals surface area contributed by atoms with Crippen molar-refractivity contribution in [2.75, 3.05) is 18.5 Å². The molecule has 8 heteroatoms. The van der Waals surface area contributed by atoms with Crippen molar-refractivity contribution in [2.24, 2.45) is 0 Å². The van der Waals surface area contributed by atoms with Gasteiger partial charge in [-0.1, -0.05) is 18.2 Å². The lowest BCUT2D eigenvalue weighted by atomic mass is 10.1. The Bertz CT molecular complexity index is 1310. The van der Waals surface area contributed by atoms with Crippen LogP contribution in [0.1, 0.15) is 28.8 Å². The van der Waals surface area contributed by atoms with Gasteiger partial charge in [0, 0.05) is 47.3 Å². The van der Waals surface area contributed by atoms with Crippen molar-refractivity contribution in [3.05, 3.63) is 72.2 Å². The lowest BCUT2D eigenvalue weighted by Gasteiger charge is -2.13. The molecule has 7 nitrogen and oxygen atoms in total. The first kappa shape index (κ1) is 21.5. The van der Waals surface area contributed by atoms with Gasteiger partial charge >= 0.3 is 0 Å². The third-order valence-electron chi connectivity index (χ3n) is 5.74. The Morgan fingerprint density at radius 3 is 3.00 bits per heavy atom. The van der Waals surface area contributed by atoms with Gasteiger partial charge in [0.15, 0.2) is 5.65 Å². The molecule has 0 aliphatic carbocycles. The van der Waals surface area contributed by atoms with E-state index < -0.39 is 0 Å². The lowest BCUT2D eigenvalue weighted by molar-refractivity contribution is 0.0858. The van der Waals surface area contributed by atoms with Crippen LogP contribution in [0.4, 0.5) is 11.5 Å². The molecule has 1 saturated heterocycles. The zero-order valence-corrected chi connectivity index (χ0v) is 19.2. The Hall–Kier alpha value is -3.36. The quantitative estimate of drug-likeness (QED) is 0.366.